The standard InChI is InChI=1S/C19H27FN4O2/c1-3-21-19(22-11-5-13-25-4-2)23-12-10-17-14-26-18(24-17)15-6-8-16(20)9-7-15/h6-9,14H,3-5,10-13H2,1-2H3,(H2,21,22,23). The number of nitrogens with zero attached hydrogens (tertiary/aromatic N) is 2. The zero-order chi connectivity index (χ0) is 18.6. The van der Waals surface area contributed by atoms with E-state index in [-0.39, 0.29) is 5.82 Å². The van der Waals surface area contributed by atoms with Crippen LogP contribution in [0.4, 0.5) is 4.39 Å². The first-order chi connectivity index (χ1) is 12.7. The summed E-state index contributed by atoms with van der Waals surface area (Å²) in [5.41, 5.74) is 1.60. The van der Waals surface area contributed by atoms with Gasteiger partial charge in [0.1, 0.15) is 12.1 Å². The predicted molar refractivity (Wildman–Crippen MR) is 101 cm³/mol. The van der Waals surface area contributed by atoms with Crippen molar-refractivity contribution in [1.82, 2.24) is 15.6 Å². The molecule has 0 atom stereocenters. The van der Waals surface area contributed by atoms with Crippen molar-refractivity contribution in [2.45, 2.75) is 26.7 Å². The van der Waals surface area contributed by atoms with Crippen molar-refractivity contribution in [2.75, 3.05) is 32.8 Å². The first-order valence-electron chi connectivity index (χ1n) is 9.03. The molecule has 0 fully saturated rings. The van der Waals surface area contributed by atoms with Crippen molar-refractivity contribution in [3.63, 3.8) is 0 Å². The number of ether oxygens (including phenoxy) is 1. The third-order valence-corrected chi connectivity index (χ3v) is 3.58. The van der Waals surface area contributed by atoms with Crippen LogP contribution in [0.3, 0.4) is 0 Å². The van der Waals surface area contributed by atoms with Crippen LogP contribution in [0.25, 0.3) is 11.5 Å². The lowest BCUT2D eigenvalue weighted by molar-refractivity contribution is 0.146. The van der Waals surface area contributed by atoms with E-state index in [9.17, 15) is 4.39 Å². The summed E-state index contributed by atoms with van der Waals surface area (Å²) in [6.07, 6.45) is 3.23. The molecule has 2 N–H and O–H groups in total. The summed E-state index contributed by atoms with van der Waals surface area (Å²) in [4.78, 5) is 8.96. The molecule has 142 valence electrons. The van der Waals surface area contributed by atoms with E-state index in [0.29, 0.717) is 25.4 Å². The largest absolute Gasteiger partial charge is 0.444 e. The Labute approximate surface area is 153 Å². The Morgan fingerprint density at radius 3 is 2.77 bits per heavy atom. The minimum atomic E-state index is -0.277. The maximum Gasteiger partial charge on any atom is 0.226 e. The van der Waals surface area contributed by atoms with E-state index in [4.69, 9.17) is 9.15 Å². The number of benzene rings is 1. The highest BCUT2D eigenvalue weighted by molar-refractivity contribution is 5.79. The van der Waals surface area contributed by atoms with Gasteiger partial charge in [-0.1, -0.05) is 0 Å². The Morgan fingerprint density at radius 2 is 2.04 bits per heavy atom. The van der Waals surface area contributed by atoms with Crippen LogP contribution in [0.2, 0.25) is 0 Å². The van der Waals surface area contributed by atoms with Gasteiger partial charge in [-0.15, -0.1) is 0 Å². The molecule has 0 aliphatic rings. The SMILES string of the molecule is CCNC(=NCCCOCC)NCCc1coc(-c2ccc(F)cc2)n1. The van der Waals surface area contributed by atoms with Gasteiger partial charge in [0.15, 0.2) is 5.96 Å². The highest BCUT2D eigenvalue weighted by Gasteiger charge is 2.07. The number of hydrogen-bond acceptors (Lipinski definition) is 4. The zero-order valence-electron chi connectivity index (χ0n) is 15.4. The molecule has 1 heterocycles. The Hall–Kier alpha value is -2.41. The Balaban J connectivity index is 1.79. The molecule has 0 saturated carbocycles. The second kappa shape index (κ2) is 11.3. The number of oxazole rings is 1. The normalized spacial score (nSPS) is 11.6. The second-order valence-electron chi connectivity index (χ2n) is 5.64. The van der Waals surface area contributed by atoms with Gasteiger partial charge in [-0.2, -0.15) is 0 Å². The highest BCUT2D eigenvalue weighted by atomic mass is 19.1. The molecule has 0 amide bonds. The molecular weight excluding hydrogens is 335 g/mol. The van der Waals surface area contributed by atoms with E-state index in [1.165, 1.54) is 12.1 Å². The van der Waals surface area contributed by atoms with E-state index >= 15 is 0 Å². The van der Waals surface area contributed by atoms with Crippen LogP contribution in [0.1, 0.15) is 26.0 Å². The lowest BCUT2D eigenvalue weighted by Crippen LogP contribution is -2.38. The minimum absolute atomic E-state index is 0.277. The summed E-state index contributed by atoms with van der Waals surface area (Å²) in [5, 5.41) is 6.50. The maximum atomic E-state index is 13.0. The van der Waals surface area contributed by atoms with Crippen LogP contribution in [0, 0.1) is 5.82 Å². The molecule has 0 aliphatic heterocycles. The van der Waals surface area contributed by atoms with Crippen molar-refractivity contribution >= 4 is 5.96 Å². The van der Waals surface area contributed by atoms with E-state index in [1.807, 2.05) is 13.8 Å². The minimum Gasteiger partial charge on any atom is -0.444 e. The number of guanidine groups is 1. The zero-order valence-corrected chi connectivity index (χ0v) is 15.4. The molecule has 1 aromatic heterocycles. The summed E-state index contributed by atoms with van der Waals surface area (Å²) < 4.78 is 23.8. The Kier molecular flexibility index (Phi) is 8.62. The summed E-state index contributed by atoms with van der Waals surface area (Å²) in [7, 11) is 0. The van der Waals surface area contributed by atoms with Crippen molar-refractivity contribution in [3.05, 3.63) is 42.0 Å². The number of aromatic nitrogens is 1. The van der Waals surface area contributed by atoms with Gasteiger partial charge in [-0.05, 0) is 44.5 Å². The second-order valence-corrected chi connectivity index (χ2v) is 5.64. The van der Waals surface area contributed by atoms with E-state index in [1.54, 1.807) is 18.4 Å². The molecule has 0 bridgehead atoms. The van der Waals surface area contributed by atoms with Crippen molar-refractivity contribution in [2.24, 2.45) is 4.99 Å². The molecule has 0 saturated heterocycles. The van der Waals surface area contributed by atoms with Crippen molar-refractivity contribution in [1.29, 1.82) is 0 Å². The van der Waals surface area contributed by atoms with Crippen LogP contribution in [-0.4, -0.2) is 43.8 Å². The third kappa shape index (κ3) is 6.84. The first-order valence-corrected chi connectivity index (χ1v) is 9.03. The molecule has 0 unspecified atom stereocenters. The number of rotatable bonds is 10. The van der Waals surface area contributed by atoms with Gasteiger partial charge >= 0.3 is 0 Å². The third-order valence-electron chi connectivity index (χ3n) is 3.58. The van der Waals surface area contributed by atoms with Crippen LogP contribution < -0.4 is 10.6 Å². The van der Waals surface area contributed by atoms with Gasteiger partial charge in [0.05, 0.1) is 5.69 Å². The van der Waals surface area contributed by atoms with Crippen LogP contribution in [0.15, 0.2) is 39.9 Å². The number of nitrogens with one attached hydrogen (secondary N) is 2. The summed E-state index contributed by atoms with van der Waals surface area (Å²) in [6, 6.07) is 6.10. The fourth-order valence-electron chi connectivity index (χ4n) is 2.30. The van der Waals surface area contributed by atoms with Gasteiger partial charge < -0.3 is 19.8 Å². The molecule has 7 heteroatoms. The van der Waals surface area contributed by atoms with Gasteiger partial charge in [0.25, 0.3) is 0 Å². The van der Waals surface area contributed by atoms with Gasteiger partial charge in [-0.25, -0.2) is 9.37 Å². The summed E-state index contributed by atoms with van der Waals surface area (Å²) in [6.45, 7) is 7.69. The molecule has 0 aliphatic carbocycles. The molecular formula is C19H27FN4O2. The number of aliphatic imine (C=N–C) groups is 1. The molecule has 0 spiro atoms. The van der Waals surface area contributed by atoms with Crippen LogP contribution >= 0.6 is 0 Å². The lowest BCUT2D eigenvalue weighted by Gasteiger charge is -2.10. The van der Waals surface area contributed by atoms with Crippen molar-refractivity contribution in [3.8, 4) is 11.5 Å². The van der Waals surface area contributed by atoms with Crippen molar-refractivity contribution < 1.29 is 13.5 Å². The summed E-state index contributed by atoms with van der Waals surface area (Å²) >= 11 is 0. The molecule has 0 radical (unpaired) electrons. The smallest absolute Gasteiger partial charge is 0.226 e. The number of hydrogen-bond donors (Lipinski definition) is 2. The van der Waals surface area contributed by atoms with E-state index in [2.05, 4.69) is 20.6 Å². The Bertz CT molecular complexity index is 670. The molecule has 2 rings (SSSR count). The average molecular weight is 362 g/mol. The molecule has 1 aromatic carbocycles. The van der Waals surface area contributed by atoms with E-state index in [0.717, 1.165) is 43.4 Å². The quantitative estimate of drug-likeness (QED) is 0.386. The highest BCUT2D eigenvalue weighted by Crippen LogP contribution is 2.18. The van der Waals surface area contributed by atoms with Gasteiger partial charge in [0, 0.05) is 44.8 Å². The lowest BCUT2D eigenvalue weighted by atomic mass is 10.2. The fraction of sp³-hybridized carbons (Fsp3) is 0.474. The predicted octanol–water partition coefficient (Wildman–Crippen LogP) is 3.00. The van der Waals surface area contributed by atoms with Crippen LogP contribution in [0.5, 0.6) is 0 Å². The van der Waals surface area contributed by atoms with E-state index < -0.39 is 0 Å². The summed E-state index contributed by atoms with van der Waals surface area (Å²) in [5.74, 6) is 1.00. The molecule has 6 nitrogen and oxygen atoms in total. The van der Waals surface area contributed by atoms with Crippen LogP contribution in [-0.2, 0) is 11.2 Å². The molecule has 2 aromatic rings. The monoisotopic (exact) mass is 362 g/mol. The fourth-order valence-corrected chi connectivity index (χ4v) is 2.30. The Morgan fingerprint density at radius 1 is 1.23 bits per heavy atom. The topological polar surface area (TPSA) is 71.7 Å². The maximum absolute atomic E-state index is 13.0. The number of halogens is 1. The first kappa shape index (κ1) is 19.9. The average Bonchev–Trinajstić information content (AvgIpc) is 3.11. The van der Waals surface area contributed by atoms with Gasteiger partial charge in [-0.3, -0.25) is 4.99 Å². The van der Waals surface area contributed by atoms with Gasteiger partial charge in [0.2, 0.25) is 5.89 Å². The molecule has 26 heavy (non-hydrogen) atoms.